The van der Waals surface area contributed by atoms with Crippen molar-refractivity contribution in [3.8, 4) is 5.75 Å². The van der Waals surface area contributed by atoms with Gasteiger partial charge in [0.1, 0.15) is 10.8 Å². The number of carbonyl (C=O) groups excluding carboxylic acids is 2. The standard InChI is InChI=1S/C17H11Cl2O3/c18-16-13(7-9-15(17(16)19)22-11-10-20)14(21)8-6-12-4-2-1-3-5-12/h1-9H,11H2. The average molecular weight is 334 g/mol. The van der Waals surface area contributed by atoms with Gasteiger partial charge >= 0.3 is 0 Å². The average Bonchev–Trinajstić information content (AvgIpc) is 2.55. The monoisotopic (exact) mass is 333 g/mol. The highest BCUT2D eigenvalue weighted by Gasteiger charge is 2.15. The molecule has 0 amide bonds. The summed E-state index contributed by atoms with van der Waals surface area (Å²) >= 11 is 12.1. The van der Waals surface area contributed by atoms with Crippen molar-refractivity contribution < 1.29 is 14.3 Å². The largest absolute Gasteiger partial charge is 0.484 e. The van der Waals surface area contributed by atoms with Gasteiger partial charge < -0.3 is 4.74 Å². The Balaban J connectivity index is 2.21. The molecule has 0 saturated carbocycles. The van der Waals surface area contributed by atoms with Crippen LogP contribution in [0.1, 0.15) is 15.9 Å². The summed E-state index contributed by atoms with van der Waals surface area (Å²) in [6.07, 6.45) is 4.70. The number of benzene rings is 2. The fraction of sp³-hybridized carbons (Fsp3) is 0.0588. The summed E-state index contributed by atoms with van der Waals surface area (Å²) in [7, 11) is 0. The fourth-order valence-electron chi connectivity index (χ4n) is 1.77. The molecule has 2 aromatic carbocycles. The first-order valence-corrected chi connectivity index (χ1v) is 7.12. The van der Waals surface area contributed by atoms with Crippen LogP contribution in [0.15, 0.2) is 48.5 Å². The molecule has 0 aliphatic heterocycles. The molecule has 5 heteroatoms. The minimum Gasteiger partial charge on any atom is -0.484 e. The van der Waals surface area contributed by atoms with Gasteiger partial charge in [0.05, 0.1) is 5.02 Å². The van der Waals surface area contributed by atoms with E-state index in [1.165, 1.54) is 18.2 Å². The number of ether oxygens (including phenoxy) is 1. The smallest absolute Gasteiger partial charge is 0.239 e. The Labute approximate surface area is 138 Å². The lowest BCUT2D eigenvalue weighted by atomic mass is 10.1. The van der Waals surface area contributed by atoms with Crippen molar-refractivity contribution in [1.29, 1.82) is 0 Å². The van der Waals surface area contributed by atoms with Gasteiger partial charge in [0.15, 0.2) is 12.4 Å². The summed E-state index contributed by atoms with van der Waals surface area (Å²) in [6.45, 7) is -0.253. The summed E-state index contributed by atoms with van der Waals surface area (Å²) in [4.78, 5) is 22.4. The highest BCUT2D eigenvalue weighted by Crippen LogP contribution is 2.35. The van der Waals surface area contributed by atoms with Gasteiger partial charge in [-0.15, -0.1) is 0 Å². The van der Waals surface area contributed by atoms with Crippen LogP contribution in [-0.2, 0) is 4.79 Å². The summed E-state index contributed by atoms with van der Waals surface area (Å²) in [5.41, 5.74) is 1.17. The molecule has 0 aliphatic carbocycles. The molecule has 0 fully saturated rings. The molecule has 3 nitrogen and oxygen atoms in total. The van der Waals surface area contributed by atoms with E-state index in [2.05, 4.69) is 0 Å². The van der Waals surface area contributed by atoms with Gasteiger partial charge in [-0.1, -0.05) is 59.6 Å². The number of allylic oxidation sites excluding steroid dienone is 1. The van der Waals surface area contributed by atoms with Crippen LogP contribution in [0.2, 0.25) is 10.0 Å². The van der Waals surface area contributed by atoms with E-state index in [9.17, 15) is 9.59 Å². The van der Waals surface area contributed by atoms with Gasteiger partial charge in [-0.2, -0.15) is 0 Å². The fourth-order valence-corrected chi connectivity index (χ4v) is 2.24. The molecule has 0 bridgehead atoms. The summed E-state index contributed by atoms with van der Waals surface area (Å²) in [5, 5.41) is 0.184. The van der Waals surface area contributed by atoms with Crippen molar-refractivity contribution >= 4 is 41.3 Å². The molecule has 111 valence electrons. The third kappa shape index (κ3) is 3.97. The molecule has 0 N–H and O–H groups in total. The highest BCUT2D eigenvalue weighted by molar-refractivity contribution is 6.45. The third-order valence-electron chi connectivity index (χ3n) is 2.83. The minimum atomic E-state index is -0.274. The molecule has 1 radical (unpaired) electrons. The van der Waals surface area contributed by atoms with Crippen LogP contribution in [0, 0.1) is 0 Å². The van der Waals surface area contributed by atoms with Crippen molar-refractivity contribution in [2.75, 3.05) is 6.61 Å². The Hall–Kier alpha value is -2.10. The summed E-state index contributed by atoms with van der Waals surface area (Å²) in [5.74, 6) is -0.0390. The van der Waals surface area contributed by atoms with Crippen molar-refractivity contribution in [3.05, 3.63) is 69.7 Å². The SMILES string of the molecule is O=[C]COc1ccc(C(=O)C=Cc2ccccc2)c(Cl)c1Cl. The van der Waals surface area contributed by atoms with E-state index >= 15 is 0 Å². The van der Waals surface area contributed by atoms with E-state index in [0.29, 0.717) is 0 Å². The second-order valence-electron chi connectivity index (χ2n) is 4.28. The van der Waals surface area contributed by atoms with Gasteiger partial charge in [0, 0.05) is 5.56 Å². The zero-order chi connectivity index (χ0) is 15.9. The van der Waals surface area contributed by atoms with Crippen LogP contribution < -0.4 is 4.74 Å². The Kier molecular flexibility index (Phi) is 5.75. The van der Waals surface area contributed by atoms with Crippen LogP contribution >= 0.6 is 23.2 Å². The Morgan fingerprint density at radius 1 is 1.09 bits per heavy atom. The predicted octanol–water partition coefficient (Wildman–Crippen LogP) is 4.38. The first kappa shape index (κ1) is 16.3. The lowest BCUT2D eigenvalue weighted by Gasteiger charge is -2.08. The molecule has 0 heterocycles. The van der Waals surface area contributed by atoms with Crippen LogP contribution in [0.3, 0.4) is 0 Å². The molecular formula is C17H11Cl2O3. The van der Waals surface area contributed by atoms with Crippen molar-refractivity contribution in [1.82, 2.24) is 0 Å². The number of hydrogen-bond donors (Lipinski definition) is 0. The maximum Gasteiger partial charge on any atom is 0.239 e. The highest BCUT2D eigenvalue weighted by atomic mass is 35.5. The van der Waals surface area contributed by atoms with Gasteiger partial charge in [-0.3, -0.25) is 9.59 Å². The Morgan fingerprint density at radius 3 is 2.50 bits per heavy atom. The van der Waals surface area contributed by atoms with Crippen molar-refractivity contribution in [2.45, 2.75) is 0 Å². The maximum atomic E-state index is 12.2. The van der Waals surface area contributed by atoms with Gasteiger partial charge in [0.2, 0.25) is 6.29 Å². The molecule has 22 heavy (non-hydrogen) atoms. The molecule has 0 unspecified atom stereocenters. The molecule has 0 aromatic heterocycles. The van der Waals surface area contributed by atoms with Crippen LogP contribution in [0.5, 0.6) is 5.75 Å². The van der Waals surface area contributed by atoms with Gasteiger partial charge in [0.25, 0.3) is 0 Å². The number of hydrogen-bond acceptors (Lipinski definition) is 3. The topological polar surface area (TPSA) is 43.4 Å². The zero-order valence-electron chi connectivity index (χ0n) is 11.4. The normalized spacial score (nSPS) is 10.6. The Morgan fingerprint density at radius 2 is 1.82 bits per heavy atom. The summed E-state index contributed by atoms with van der Waals surface area (Å²) < 4.78 is 5.06. The summed E-state index contributed by atoms with van der Waals surface area (Å²) in [6, 6.07) is 12.4. The molecule has 0 saturated heterocycles. The molecular weight excluding hydrogens is 323 g/mol. The second kappa shape index (κ2) is 7.78. The van der Waals surface area contributed by atoms with E-state index in [-0.39, 0.29) is 33.7 Å². The number of ketones is 1. The molecule has 2 aromatic rings. The number of rotatable bonds is 6. The predicted molar refractivity (Wildman–Crippen MR) is 87.5 cm³/mol. The van der Waals surface area contributed by atoms with Gasteiger partial charge in [-0.25, -0.2) is 0 Å². The molecule has 0 spiro atoms. The van der Waals surface area contributed by atoms with Crippen molar-refractivity contribution in [2.24, 2.45) is 0 Å². The molecule has 2 rings (SSSR count). The van der Waals surface area contributed by atoms with E-state index < -0.39 is 0 Å². The van der Waals surface area contributed by atoms with E-state index in [1.807, 2.05) is 30.3 Å². The van der Waals surface area contributed by atoms with Crippen LogP contribution in [-0.4, -0.2) is 18.7 Å². The minimum absolute atomic E-state index is 0.0905. The maximum absolute atomic E-state index is 12.2. The van der Waals surface area contributed by atoms with E-state index in [1.54, 1.807) is 12.4 Å². The quantitative estimate of drug-likeness (QED) is 0.582. The van der Waals surface area contributed by atoms with Crippen LogP contribution in [0.4, 0.5) is 0 Å². The van der Waals surface area contributed by atoms with Crippen molar-refractivity contribution in [3.63, 3.8) is 0 Å². The van der Waals surface area contributed by atoms with Gasteiger partial charge in [-0.05, 0) is 23.8 Å². The molecule has 0 atom stereocenters. The Bertz CT molecular complexity index is 709. The van der Waals surface area contributed by atoms with E-state index in [0.717, 1.165) is 5.56 Å². The van der Waals surface area contributed by atoms with Crippen LogP contribution in [0.25, 0.3) is 6.08 Å². The first-order valence-electron chi connectivity index (χ1n) is 6.36. The van der Waals surface area contributed by atoms with E-state index in [4.69, 9.17) is 27.9 Å². The number of halogens is 2. The molecule has 0 aliphatic rings. The second-order valence-corrected chi connectivity index (χ2v) is 5.04. The number of carbonyl (C=O) groups is 1. The third-order valence-corrected chi connectivity index (χ3v) is 3.69. The lowest BCUT2D eigenvalue weighted by molar-refractivity contribution is 0.104. The lowest BCUT2D eigenvalue weighted by Crippen LogP contribution is -2.01. The zero-order valence-corrected chi connectivity index (χ0v) is 12.9. The first-order chi connectivity index (χ1) is 10.6.